The molecule has 0 radical (unpaired) electrons. The van der Waals surface area contributed by atoms with Crippen molar-refractivity contribution < 1.29 is 9.84 Å². The van der Waals surface area contributed by atoms with E-state index in [0.29, 0.717) is 6.61 Å². The van der Waals surface area contributed by atoms with Crippen molar-refractivity contribution in [3.8, 4) is 0 Å². The van der Waals surface area contributed by atoms with Gasteiger partial charge in [-0.05, 0) is 12.0 Å². The van der Waals surface area contributed by atoms with Crippen LogP contribution in [0.5, 0.6) is 0 Å². The molecule has 1 N–H and O–H groups in total. The van der Waals surface area contributed by atoms with Crippen molar-refractivity contribution >= 4 is 0 Å². The van der Waals surface area contributed by atoms with E-state index in [9.17, 15) is 0 Å². The first-order valence-corrected chi connectivity index (χ1v) is 5.13. The fraction of sp³-hybridized carbons (Fsp3) is 0.500. The number of aliphatic hydroxyl groups is 1. The van der Waals surface area contributed by atoms with Gasteiger partial charge in [0.25, 0.3) is 0 Å². The normalized spacial score (nSPS) is 12.7. The van der Waals surface area contributed by atoms with E-state index in [1.807, 2.05) is 30.3 Å². The highest BCUT2D eigenvalue weighted by Crippen LogP contribution is 2.06. The Labute approximate surface area is 85.5 Å². The second kappa shape index (κ2) is 6.57. The fourth-order valence-corrected chi connectivity index (χ4v) is 1.34. The highest BCUT2D eigenvalue weighted by atomic mass is 16.5. The van der Waals surface area contributed by atoms with Crippen molar-refractivity contribution in [3.05, 3.63) is 35.9 Å². The summed E-state index contributed by atoms with van der Waals surface area (Å²) in [6.07, 6.45) is 1.95. The zero-order valence-electron chi connectivity index (χ0n) is 8.65. The van der Waals surface area contributed by atoms with E-state index in [-0.39, 0.29) is 12.7 Å². The van der Waals surface area contributed by atoms with Crippen LogP contribution in [-0.4, -0.2) is 17.8 Å². The SMILES string of the molecule is CCCC(CO)OCc1ccccc1. The molecule has 1 aromatic rings. The molecule has 2 nitrogen and oxygen atoms in total. The predicted octanol–water partition coefficient (Wildman–Crippen LogP) is 2.36. The second-order valence-electron chi connectivity index (χ2n) is 3.39. The van der Waals surface area contributed by atoms with Crippen LogP contribution >= 0.6 is 0 Å². The van der Waals surface area contributed by atoms with Gasteiger partial charge in [0.1, 0.15) is 0 Å². The topological polar surface area (TPSA) is 29.5 Å². The summed E-state index contributed by atoms with van der Waals surface area (Å²) in [5, 5.41) is 9.01. The molecular weight excluding hydrogens is 176 g/mol. The molecule has 0 saturated carbocycles. The predicted molar refractivity (Wildman–Crippen MR) is 57.0 cm³/mol. The standard InChI is InChI=1S/C12H18O2/c1-2-6-12(9-13)14-10-11-7-4-3-5-8-11/h3-5,7-8,12-13H,2,6,9-10H2,1H3. The van der Waals surface area contributed by atoms with Crippen LogP contribution in [0.2, 0.25) is 0 Å². The molecule has 0 aliphatic carbocycles. The Morgan fingerprint density at radius 1 is 1.29 bits per heavy atom. The minimum absolute atomic E-state index is 0.0137. The van der Waals surface area contributed by atoms with Gasteiger partial charge in [0, 0.05) is 0 Å². The third-order valence-electron chi connectivity index (χ3n) is 2.14. The Bertz CT molecular complexity index is 233. The number of rotatable bonds is 6. The lowest BCUT2D eigenvalue weighted by Crippen LogP contribution is -2.17. The quantitative estimate of drug-likeness (QED) is 0.753. The first kappa shape index (κ1) is 11.2. The number of ether oxygens (including phenoxy) is 1. The Hall–Kier alpha value is -0.860. The molecule has 1 atom stereocenters. The Balaban J connectivity index is 2.32. The van der Waals surface area contributed by atoms with Crippen molar-refractivity contribution in [2.75, 3.05) is 6.61 Å². The van der Waals surface area contributed by atoms with Gasteiger partial charge in [-0.15, -0.1) is 0 Å². The first-order chi connectivity index (χ1) is 6.86. The molecule has 0 aromatic heterocycles. The maximum Gasteiger partial charge on any atom is 0.0810 e. The zero-order valence-corrected chi connectivity index (χ0v) is 8.65. The van der Waals surface area contributed by atoms with Crippen LogP contribution in [0, 0.1) is 0 Å². The van der Waals surface area contributed by atoms with Crippen molar-refractivity contribution in [3.63, 3.8) is 0 Å². The highest BCUT2D eigenvalue weighted by Gasteiger charge is 2.05. The lowest BCUT2D eigenvalue weighted by Gasteiger charge is -2.14. The van der Waals surface area contributed by atoms with Gasteiger partial charge >= 0.3 is 0 Å². The molecule has 0 heterocycles. The van der Waals surface area contributed by atoms with Crippen molar-refractivity contribution in [1.82, 2.24) is 0 Å². The van der Waals surface area contributed by atoms with Gasteiger partial charge in [-0.1, -0.05) is 43.7 Å². The average Bonchev–Trinajstić information content (AvgIpc) is 2.25. The lowest BCUT2D eigenvalue weighted by atomic mass is 10.2. The van der Waals surface area contributed by atoms with Crippen LogP contribution in [0.4, 0.5) is 0 Å². The summed E-state index contributed by atoms with van der Waals surface area (Å²) in [6.45, 7) is 2.79. The molecule has 0 saturated heterocycles. The Morgan fingerprint density at radius 3 is 2.57 bits per heavy atom. The van der Waals surface area contributed by atoms with E-state index < -0.39 is 0 Å². The highest BCUT2D eigenvalue weighted by molar-refractivity contribution is 5.13. The summed E-state index contributed by atoms with van der Waals surface area (Å²) < 4.78 is 5.57. The van der Waals surface area contributed by atoms with Crippen LogP contribution in [0.1, 0.15) is 25.3 Å². The van der Waals surface area contributed by atoms with Gasteiger partial charge in [0.05, 0.1) is 19.3 Å². The zero-order chi connectivity index (χ0) is 10.2. The third-order valence-corrected chi connectivity index (χ3v) is 2.14. The molecule has 1 rings (SSSR count). The van der Waals surface area contributed by atoms with Crippen molar-refractivity contribution in [1.29, 1.82) is 0 Å². The van der Waals surface area contributed by atoms with Gasteiger partial charge in [-0.3, -0.25) is 0 Å². The molecule has 0 amide bonds. The first-order valence-electron chi connectivity index (χ1n) is 5.13. The van der Waals surface area contributed by atoms with Crippen molar-refractivity contribution in [2.24, 2.45) is 0 Å². The molecule has 0 aliphatic rings. The molecule has 0 aliphatic heterocycles. The van der Waals surface area contributed by atoms with Gasteiger partial charge in [0.2, 0.25) is 0 Å². The summed E-state index contributed by atoms with van der Waals surface area (Å²) >= 11 is 0. The molecule has 0 fully saturated rings. The summed E-state index contributed by atoms with van der Waals surface area (Å²) in [4.78, 5) is 0. The Kier molecular flexibility index (Phi) is 5.27. The maximum absolute atomic E-state index is 9.01. The average molecular weight is 194 g/mol. The van der Waals surface area contributed by atoms with Crippen LogP contribution in [0.15, 0.2) is 30.3 Å². The third kappa shape index (κ3) is 3.90. The number of hydrogen-bond acceptors (Lipinski definition) is 2. The molecule has 1 unspecified atom stereocenters. The minimum atomic E-state index is -0.0137. The molecule has 0 spiro atoms. The molecular formula is C12H18O2. The summed E-state index contributed by atoms with van der Waals surface area (Å²) in [5.74, 6) is 0. The van der Waals surface area contributed by atoms with E-state index in [2.05, 4.69) is 6.92 Å². The van der Waals surface area contributed by atoms with Gasteiger partial charge in [-0.25, -0.2) is 0 Å². The monoisotopic (exact) mass is 194 g/mol. The largest absolute Gasteiger partial charge is 0.394 e. The van der Waals surface area contributed by atoms with E-state index >= 15 is 0 Å². The lowest BCUT2D eigenvalue weighted by molar-refractivity contribution is -0.00244. The fourth-order valence-electron chi connectivity index (χ4n) is 1.34. The maximum atomic E-state index is 9.01. The molecule has 14 heavy (non-hydrogen) atoms. The summed E-state index contributed by atoms with van der Waals surface area (Å²) in [7, 11) is 0. The summed E-state index contributed by atoms with van der Waals surface area (Å²) in [6, 6.07) is 10.0. The van der Waals surface area contributed by atoms with Crippen LogP contribution < -0.4 is 0 Å². The number of hydrogen-bond donors (Lipinski definition) is 1. The van der Waals surface area contributed by atoms with E-state index in [0.717, 1.165) is 18.4 Å². The van der Waals surface area contributed by atoms with Gasteiger partial charge in [0.15, 0.2) is 0 Å². The van der Waals surface area contributed by atoms with Crippen LogP contribution in [-0.2, 0) is 11.3 Å². The van der Waals surface area contributed by atoms with E-state index in [1.54, 1.807) is 0 Å². The van der Waals surface area contributed by atoms with Gasteiger partial charge < -0.3 is 9.84 Å². The number of aliphatic hydroxyl groups excluding tert-OH is 1. The molecule has 1 aromatic carbocycles. The van der Waals surface area contributed by atoms with Crippen LogP contribution in [0.3, 0.4) is 0 Å². The summed E-state index contributed by atoms with van der Waals surface area (Å²) in [5.41, 5.74) is 1.15. The van der Waals surface area contributed by atoms with Gasteiger partial charge in [-0.2, -0.15) is 0 Å². The number of benzene rings is 1. The van der Waals surface area contributed by atoms with Crippen LogP contribution in [0.25, 0.3) is 0 Å². The van der Waals surface area contributed by atoms with E-state index in [1.165, 1.54) is 0 Å². The molecule has 2 heteroatoms. The Morgan fingerprint density at radius 2 is 2.00 bits per heavy atom. The van der Waals surface area contributed by atoms with E-state index in [4.69, 9.17) is 9.84 Å². The second-order valence-corrected chi connectivity index (χ2v) is 3.39. The smallest absolute Gasteiger partial charge is 0.0810 e. The molecule has 78 valence electrons. The van der Waals surface area contributed by atoms with Crippen molar-refractivity contribution in [2.45, 2.75) is 32.5 Å². The minimum Gasteiger partial charge on any atom is -0.394 e. The molecule has 0 bridgehead atoms.